The van der Waals surface area contributed by atoms with Gasteiger partial charge in [0.05, 0.1) is 6.54 Å². The van der Waals surface area contributed by atoms with Gasteiger partial charge in [-0.25, -0.2) is 0 Å². The normalized spacial score (nSPS) is 19.7. The number of rotatable bonds is 4. The largest absolute Gasteiger partial charge is 0.451 e. The minimum absolute atomic E-state index is 0.231. The van der Waals surface area contributed by atoms with Crippen LogP contribution < -0.4 is 5.32 Å². The van der Waals surface area contributed by atoms with E-state index in [0.29, 0.717) is 18.9 Å². The molecule has 0 aromatic carbocycles. The lowest BCUT2D eigenvalue weighted by Crippen LogP contribution is -2.49. The molecule has 0 spiro atoms. The molecule has 1 aliphatic rings. The Balaban J connectivity index is 2.11. The van der Waals surface area contributed by atoms with Crippen LogP contribution >= 0.6 is 0 Å². The number of hydrogen-bond acceptors (Lipinski definition) is 4. The molecule has 5 nitrogen and oxygen atoms in total. The van der Waals surface area contributed by atoms with Crippen molar-refractivity contribution in [2.24, 2.45) is 0 Å². The molecule has 114 valence electrons. The summed E-state index contributed by atoms with van der Waals surface area (Å²) >= 11 is 0. The molecule has 2 rings (SSSR count). The van der Waals surface area contributed by atoms with Crippen LogP contribution in [0.25, 0.3) is 0 Å². The van der Waals surface area contributed by atoms with Crippen LogP contribution in [0.2, 0.25) is 0 Å². The second kappa shape index (κ2) is 5.69. The molecule has 0 saturated carbocycles. The van der Waals surface area contributed by atoms with Gasteiger partial charge in [-0.2, -0.15) is 13.2 Å². The van der Waals surface area contributed by atoms with E-state index in [0.717, 1.165) is 6.54 Å². The van der Waals surface area contributed by atoms with Crippen molar-refractivity contribution in [1.29, 1.82) is 0 Å². The van der Waals surface area contributed by atoms with Gasteiger partial charge in [0, 0.05) is 25.2 Å². The molecule has 0 saturated heterocycles. The van der Waals surface area contributed by atoms with Crippen molar-refractivity contribution in [2.45, 2.75) is 52.1 Å². The first kappa shape index (κ1) is 15.2. The highest BCUT2D eigenvalue weighted by atomic mass is 19.4. The Morgan fingerprint density at radius 2 is 1.95 bits per heavy atom. The monoisotopic (exact) mass is 291 g/mol. The van der Waals surface area contributed by atoms with Crippen LogP contribution in [-0.2, 0) is 19.3 Å². The minimum Gasteiger partial charge on any atom is -0.313 e. The number of fused-ring (bicyclic) bond motifs is 1. The number of nitrogens with zero attached hydrogens (tertiary/aromatic N) is 4. The Hall–Kier alpha value is -1.15. The van der Waals surface area contributed by atoms with Gasteiger partial charge in [-0.15, -0.1) is 10.2 Å². The summed E-state index contributed by atoms with van der Waals surface area (Å²) in [7, 11) is 0. The van der Waals surface area contributed by atoms with Crippen molar-refractivity contribution in [2.75, 3.05) is 13.1 Å². The van der Waals surface area contributed by atoms with E-state index in [1.54, 1.807) is 0 Å². The lowest BCUT2D eigenvalue weighted by Gasteiger charge is -2.36. The van der Waals surface area contributed by atoms with Gasteiger partial charge in [0.1, 0.15) is 5.82 Å². The Morgan fingerprint density at radius 1 is 1.25 bits per heavy atom. The topological polar surface area (TPSA) is 46.0 Å². The SMILES string of the molecule is CCNC(C)C(C)N1CCn2c(nnc2C(F)(F)F)C1. The van der Waals surface area contributed by atoms with Gasteiger partial charge in [-0.05, 0) is 20.4 Å². The molecule has 0 fully saturated rings. The Morgan fingerprint density at radius 3 is 2.55 bits per heavy atom. The molecule has 0 bridgehead atoms. The Bertz CT molecular complexity index is 456. The van der Waals surface area contributed by atoms with E-state index < -0.39 is 12.0 Å². The van der Waals surface area contributed by atoms with E-state index in [1.165, 1.54) is 4.57 Å². The second-order valence-electron chi connectivity index (χ2n) is 5.15. The number of alkyl halides is 3. The van der Waals surface area contributed by atoms with Crippen LogP contribution in [0.4, 0.5) is 13.2 Å². The Labute approximate surface area is 116 Å². The first-order valence-electron chi connectivity index (χ1n) is 6.81. The van der Waals surface area contributed by atoms with E-state index in [9.17, 15) is 13.2 Å². The lowest BCUT2D eigenvalue weighted by molar-refractivity contribution is -0.148. The van der Waals surface area contributed by atoms with Gasteiger partial charge in [0.25, 0.3) is 0 Å². The molecule has 2 atom stereocenters. The third-order valence-corrected chi connectivity index (χ3v) is 3.86. The molecule has 20 heavy (non-hydrogen) atoms. The van der Waals surface area contributed by atoms with E-state index >= 15 is 0 Å². The van der Waals surface area contributed by atoms with Gasteiger partial charge in [-0.1, -0.05) is 6.92 Å². The summed E-state index contributed by atoms with van der Waals surface area (Å²) in [5.74, 6) is -0.501. The highest BCUT2D eigenvalue weighted by Gasteiger charge is 2.40. The zero-order valence-electron chi connectivity index (χ0n) is 11.9. The summed E-state index contributed by atoms with van der Waals surface area (Å²) in [6, 6.07) is 0.506. The van der Waals surface area contributed by atoms with Crippen LogP contribution in [0, 0.1) is 0 Å². The summed E-state index contributed by atoms with van der Waals surface area (Å²) < 4.78 is 39.4. The van der Waals surface area contributed by atoms with Crippen LogP contribution in [0.15, 0.2) is 0 Å². The van der Waals surface area contributed by atoms with Crippen molar-refractivity contribution in [3.63, 3.8) is 0 Å². The molecular weight excluding hydrogens is 271 g/mol. The molecule has 0 radical (unpaired) electrons. The van der Waals surface area contributed by atoms with Gasteiger partial charge in [0.15, 0.2) is 0 Å². The van der Waals surface area contributed by atoms with Crippen molar-refractivity contribution in [3.05, 3.63) is 11.6 Å². The molecule has 1 aromatic rings. The van der Waals surface area contributed by atoms with Gasteiger partial charge in [0.2, 0.25) is 5.82 Å². The molecule has 0 aliphatic carbocycles. The fourth-order valence-electron chi connectivity index (χ4n) is 2.54. The van der Waals surface area contributed by atoms with E-state index in [1.807, 2.05) is 6.92 Å². The van der Waals surface area contributed by atoms with Crippen molar-refractivity contribution < 1.29 is 13.2 Å². The predicted molar refractivity (Wildman–Crippen MR) is 68.0 cm³/mol. The van der Waals surface area contributed by atoms with E-state index in [4.69, 9.17) is 0 Å². The van der Waals surface area contributed by atoms with E-state index in [2.05, 4.69) is 34.3 Å². The third kappa shape index (κ3) is 2.95. The molecule has 8 heteroatoms. The minimum atomic E-state index is -4.43. The predicted octanol–water partition coefficient (Wildman–Crippen LogP) is 1.50. The molecular formula is C12H20F3N5. The Kier molecular flexibility index (Phi) is 4.33. The molecule has 2 unspecified atom stereocenters. The van der Waals surface area contributed by atoms with Crippen LogP contribution in [0.5, 0.6) is 0 Å². The van der Waals surface area contributed by atoms with Crippen molar-refractivity contribution >= 4 is 0 Å². The summed E-state index contributed by atoms with van der Waals surface area (Å²) in [5.41, 5.74) is 0. The zero-order valence-corrected chi connectivity index (χ0v) is 11.9. The number of aromatic nitrogens is 3. The number of nitrogens with one attached hydrogen (secondary N) is 1. The van der Waals surface area contributed by atoms with Crippen LogP contribution in [0.3, 0.4) is 0 Å². The van der Waals surface area contributed by atoms with Crippen molar-refractivity contribution in [3.8, 4) is 0 Å². The molecule has 1 aromatic heterocycles. The average molecular weight is 291 g/mol. The van der Waals surface area contributed by atoms with Crippen LogP contribution in [0.1, 0.15) is 32.4 Å². The first-order chi connectivity index (χ1) is 9.34. The maximum atomic E-state index is 12.7. The highest BCUT2D eigenvalue weighted by Crippen LogP contribution is 2.29. The number of halogens is 3. The highest BCUT2D eigenvalue weighted by molar-refractivity contribution is 5.03. The fraction of sp³-hybridized carbons (Fsp3) is 0.833. The van der Waals surface area contributed by atoms with Crippen LogP contribution in [-0.4, -0.2) is 44.8 Å². The smallest absolute Gasteiger partial charge is 0.313 e. The molecule has 0 amide bonds. The molecule has 1 N–H and O–H groups in total. The number of likely N-dealkylation sites (N-methyl/N-ethyl adjacent to an activating group) is 1. The lowest BCUT2D eigenvalue weighted by atomic mass is 10.1. The first-order valence-corrected chi connectivity index (χ1v) is 6.81. The average Bonchev–Trinajstić information content (AvgIpc) is 2.80. The quantitative estimate of drug-likeness (QED) is 0.913. The second-order valence-corrected chi connectivity index (χ2v) is 5.15. The summed E-state index contributed by atoms with van der Waals surface area (Å²) in [6.07, 6.45) is -4.43. The van der Waals surface area contributed by atoms with Gasteiger partial charge in [-0.3, -0.25) is 4.90 Å². The maximum absolute atomic E-state index is 12.7. The van der Waals surface area contributed by atoms with Gasteiger partial charge >= 0.3 is 6.18 Å². The molecule has 1 aliphatic heterocycles. The third-order valence-electron chi connectivity index (χ3n) is 3.86. The summed E-state index contributed by atoms with van der Waals surface area (Å²) in [6.45, 7) is 8.31. The van der Waals surface area contributed by atoms with Gasteiger partial charge < -0.3 is 9.88 Å². The zero-order chi connectivity index (χ0) is 14.9. The fourth-order valence-corrected chi connectivity index (χ4v) is 2.54. The maximum Gasteiger partial charge on any atom is 0.451 e. The summed E-state index contributed by atoms with van der Waals surface area (Å²) in [5, 5.41) is 10.3. The van der Waals surface area contributed by atoms with E-state index in [-0.39, 0.29) is 18.6 Å². The van der Waals surface area contributed by atoms with Crippen molar-refractivity contribution in [1.82, 2.24) is 25.0 Å². The standard InChI is InChI=1S/C12H20F3N5/c1-4-16-8(2)9(3)19-5-6-20-10(7-19)17-18-11(20)12(13,14)15/h8-9,16H,4-7H2,1-3H3. The molecule has 2 heterocycles. The number of hydrogen-bond donors (Lipinski definition) is 1. The summed E-state index contributed by atoms with van der Waals surface area (Å²) in [4.78, 5) is 2.14.